The zero-order chi connectivity index (χ0) is 16.5. The summed E-state index contributed by atoms with van der Waals surface area (Å²) in [5.74, 6) is 0.809. The Morgan fingerprint density at radius 2 is 2.04 bits per heavy atom. The topological polar surface area (TPSA) is 63.2 Å². The number of urea groups is 1. The summed E-state index contributed by atoms with van der Waals surface area (Å²) < 4.78 is 5.58. The van der Waals surface area contributed by atoms with Gasteiger partial charge in [0.1, 0.15) is 12.4 Å². The number of ether oxygens (including phenoxy) is 1. The summed E-state index contributed by atoms with van der Waals surface area (Å²) in [7, 11) is 0. The molecule has 2 heterocycles. The van der Waals surface area contributed by atoms with Crippen LogP contribution in [0.1, 0.15) is 11.6 Å². The third kappa shape index (κ3) is 2.63. The van der Waals surface area contributed by atoms with Crippen LogP contribution in [-0.4, -0.2) is 17.6 Å². The first-order chi connectivity index (χ1) is 11.7. The lowest BCUT2D eigenvalue weighted by Crippen LogP contribution is -2.33. The van der Waals surface area contributed by atoms with Gasteiger partial charge in [-0.1, -0.05) is 29.8 Å². The number of carbonyl (C=O) groups excluding carboxylic acids is 1. The van der Waals surface area contributed by atoms with Crippen LogP contribution in [-0.2, 0) is 0 Å². The number of nitrogens with zero attached hydrogens (tertiary/aromatic N) is 1. The fourth-order valence-corrected chi connectivity index (χ4v) is 3.06. The molecule has 2 N–H and O–H groups in total. The lowest BCUT2D eigenvalue weighted by molar-refractivity contribution is 0.243. The Morgan fingerprint density at radius 1 is 1.17 bits per heavy atom. The Hall–Kier alpha value is -2.79. The number of halogens is 1. The third-order valence-electron chi connectivity index (χ3n) is 3.97. The van der Waals surface area contributed by atoms with Crippen molar-refractivity contribution in [1.82, 2.24) is 10.3 Å². The van der Waals surface area contributed by atoms with Crippen molar-refractivity contribution < 1.29 is 9.53 Å². The molecule has 0 radical (unpaired) electrons. The highest BCUT2D eigenvalue weighted by atomic mass is 35.5. The van der Waals surface area contributed by atoms with Gasteiger partial charge in [0.15, 0.2) is 0 Å². The van der Waals surface area contributed by atoms with E-state index in [1.807, 2.05) is 36.4 Å². The first-order valence-corrected chi connectivity index (χ1v) is 7.92. The summed E-state index contributed by atoms with van der Waals surface area (Å²) in [5, 5.41) is 7.15. The molecule has 0 saturated carbocycles. The average Bonchev–Trinajstić information content (AvgIpc) is 3.01. The van der Waals surface area contributed by atoms with E-state index in [2.05, 4.69) is 15.6 Å². The van der Waals surface area contributed by atoms with Crippen molar-refractivity contribution in [2.75, 3.05) is 11.9 Å². The molecule has 24 heavy (non-hydrogen) atoms. The number of anilines is 1. The molecule has 4 rings (SSSR count). The van der Waals surface area contributed by atoms with Crippen LogP contribution >= 0.6 is 11.6 Å². The zero-order valence-electron chi connectivity index (χ0n) is 12.6. The number of para-hydroxylation sites is 1. The summed E-state index contributed by atoms with van der Waals surface area (Å²) >= 11 is 6.15. The molecule has 0 bridgehead atoms. The van der Waals surface area contributed by atoms with Gasteiger partial charge in [0.2, 0.25) is 0 Å². The van der Waals surface area contributed by atoms with Crippen LogP contribution in [0.2, 0.25) is 5.02 Å². The Kier molecular flexibility index (Phi) is 3.70. The van der Waals surface area contributed by atoms with Crippen LogP contribution in [0, 0.1) is 0 Å². The predicted octanol–water partition coefficient (Wildman–Crippen LogP) is 4.14. The van der Waals surface area contributed by atoms with Gasteiger partial charge in [-0.25, -0.2) is 4.79 Å². The van der Waals surface area contributed by atoms with E-state index in [0.717, 1.165) is 16.7 Å². The standard InChI is InChI=1S/C18H14ClN3O2/c19-13-7-8-14(12-5-3-9-20-17(12)13)21-18(23)22-15-10-24-16-6-2-1-4-11(15)16/h1-9,15H,10H2,(H2,21,22,23). The van der Waals surface area contributed by atoms with E-state index < -0.39 is 0 Å². The minimum Gasteiger partial charge on any atom is -0.491 e. The summed E-state index contributed by atoms with van der Waals surface area (Å²) in [6.45, 7) is 0.426. The van der Waals surface area contributed by atoms with Crippen molar-refractivity contribution >= 4 is 34.2 Å². The third-order valence-corrected chi connectivity index (χ3v) is 4.28. The number of carbonyl (C=O) groups is 1. The van der Waals surface area contributed by atoms with Crippen molar-refractivity contribution in [3.05, 3.63) is 65.3 Å². The van der Waals surface area contributed by atoms with E-state index in [9.17, 15) is 4.79 Å². The highest BCUT2D eigenvalue weighted by molar-refractivity contribution is 6.35. The number of hydrogen-bond donors (Lipinski definition) is 2. The van der Waals surface area contributed by atoms with Gasteiger partial charge < -0.3 is 15.4 Å². The van der Waals surface area contributed by atoms with E-state index in [4.69, 9.17) is 16.3 Å². The molecule has 2 amide bonds. The van der Waals surface area contributed by atoms with Gasteiger partial charge in [-0.2, -0.15) is 0 Å². The highest BCUT2D eigenvalue weighted by Gasteiger charge is 2.25. The number of fused-ring (bicyclic) bond motifs is 2. The minimum atomic E-state index is -0.298. The van der Waals surface area contributed by atoms with Crippen LogP contribution in [0.15, 0.2) is 54.7 Å². The molecule has 0 spiro atoms. The monoisotopic (exact) mass is 339 g/mol. The maximum Gasteiger partial charge on any atom is 0.319 e. The van der Waals surface area contributed by atoms with Crippen molar-refractivity contribution in [2.45, 2.75) is 6.04 Å². The SMILES string of the molecule is O=C(Nc1ccc(Cl)c2ncccc12)NC1COc2ccccc21. The van der Waals surface area contributed by atoms with E-state index in [1.165, 1.54) is 0 Å². The van der Waals surface area contributed by atoms with E-state index in [-0.39, 0.29) is 12.1 Å². The number of amides is 2. The Labute approximate surface area is 143 Å². The van der Waals surface area contributed by atoms with Crippen molar-refractivity contribution in [3.63, 3.8) is 0 Å². The molecule has 6 heteroatoms. The molecule has 3 aromatic rings. The maximum atomic E-state index is 12.4. The van der Waals surface area contributed by atoms with Gasteiger partial charge >= 0.3 is 6.03 Å². The Balaban J connectivity index is 1.55. The smallest absolute Gasteiger partial charge is 0.319 e. The summed E-state index contributed by atoms with van der Waals surface area (Å²) in [6.07, 6.45) is 1.67. The predicted molar refractivity (Wildman–Crippen MR) is 93.6 cm³/mol. The summed E-state index contributed by atoms with van der Waals surface area (Å²) in [6, 6.07) is 14.4. The van der Waals surface area contributed by atoms with Gasteiger partial charge in [-0.15, -0.1) is 0 Å². The van der Waals surface area contributed by atoms with Crippen molar-refractivity contribution in [1.29, 1.82) is 0 Å². The van der Waals surface area contributed by atoms with Gasteiger partial charge in [-0.05, 0) is 30.3 Å². The lowest BCUT2D eigenvalue weighted by atomic mass is 10.1. The molecule has 1 aromatic heterocycles. The zero-order valence-corrected chi connectivity index (χ0v) is 13.4. The van der Waals surface area contributed by atoms with Gasteiger partial charge in [0.25, 0.3) is 0 Å². The van der Waals surface area contributed by atoms with Crippen LogP contribution in [0.25, 0.3) is 10.9 Å². The lowest BCUT2D eigenvalue weighted by Gasteiger charge is -2.14. The molecular weight excluding hydrogens is 326 g/mol. The average molecular weight is 340 g/mol. The molecule has 0 aliphatic carbocycles. The fourth-order valence-electron chi connectivity index (χ4n) is 2.85. The maximum absolute atomic E-state index is 12.4. The molecular formula is C18H14ClN3O2. The summed E-state index contributed by atoms with van der Waals surface area (Å²) in [5.41, 5.74) is 2.30. The molecule has 0 fully saturated rings. The molecule has 120 valence electrons. The molecule has 5 nitrogen and oxygen atoms in total. The first kappa shape index (κ1) is 14.8. The minimum absolute atomic E-state index is 0.169. The van der Waals surface area contributed by atoms with Crippen LogP contribution < -0.4 is 15.4 Å². The molecule has 1 aliphatic rings. The number of aromatic nitrogens is 1. The molecule has 1 aliphatic heterocycles. The van der Waals surface area contributed by atoms with E-state index >= 15 is 0 Å². The molecule has 1 unspecified atom stereocenters. The number of pyridine rings is 1. The quantitative estimate of drug-likeness (QED) is 0.737. The number of nitrogens with one attached hydrogen (secondary N) is 2. The van der Waals surface area contributed by atoms with E-state index in [1.54, 1.807) is 18.3 Å². The number of rotatable bonds is 2. The molecule has 0 saturated heterocycles. The number of hydrogen-bond acceptors (Lipinski definition) is 3. The first-order valence-electron chi connectivity index (χ1n) is 7.55. The van der Waals surface area contributed by atoms with Crippen molar-refractivity contribution in [2.24, 2.45) is 0 Å². The van der Waals surface area contributed by atoms with Crippen LogP contribution in [0.5, 0.6) is 5.75 Å². The summed E-state index contributed by atoms with van der Waals surface area (Å²) in [4.78, 5) is 16.6. The number of benzene rings is 2. The second kappa shape index (κ2) is 6.02. The Morgan fingerprint density at radius 3 is 2.96 bits per heavy atom. The van der Waals surface area contributed by atoms with Crippen LogP contribution in [0.3, 0.4) is 0 Å². The van der Waals surface area contributed by atoms with E-state index in [0.29, 0.717) is 22.8 Å². The Bertz CT molecular complexity index is 929. The highest BCUT2D eigenvalue weighted by Crippen LogP contribution is 2.32. The van der Waals surface area contributed by atoms with Gasteiger partial charge in [0.05, 0.1) is 22.3 Å². The fraction of sp³-hybridized carbons (Fsp3) is 0.111. The van der Waals surface area contributed by atoms with Gasteiger partial charge in [0, 0.05) is 17.1 Å². The second-order valence-electron chi connectivity index (χ2n) is 5.49. The van der Waals surface area contributed by atoms with Crippen molar-refractivity contribution in [3.8, 4) is 5.75 Å². The second-order valence-corrected chi connectivity index (χ2v) is 5.90. The largest absolute Gasteiger partial charge is 0.491 e. The normalized spacial score (nSPS) is 15.6. The van der Waals surface area contributed by atoms with Gasteiger partial charge in [-0.3, -0.25) is 4.98 Å². The molecule has 2 aromatic carbocycles. The molecule has 1 atom stereocenters. The van der Waals surface area contributed by atoms with Crippen LogP contribution in [0.4, 0.5) is 10.5 Å².